The van der Waals surface area contributed by atoms with Gasteiger partial charge in [0.25, 0.3) is 5.91 Å². The summed E-state index contributed by atoms with van der Waals surface area (Å²) in [5.74, 6) is 0.439. The van der Waals surface area contributed by atoms with Gasteiger partial charge in [-0.25, -0.2) is 9.97 Å². The maximum atomic E-state index is 12.9. The summed E-state index contributed by atoms with van der Waals surface area (Å²) in [4.78, 5) is 22.3. The maximum Gasteiger partial charge on any atom is 0.257 e. The van der Waals surface area contributed by atoms with E-state index in [2.05, 4.69) is 45.3 Å². The van der Waals surface area contributed by atoms with Crippen LogP contribution in [0.1, 0.15) is 43.1 Å². The molecule has 0 aliphatic heterocycles. The van der Waals surface area contributed by atoms with Crippen LogP contribution in [0, 0.1) is 0 Å². The smallest absolute Gasteiger partial charge is 0.257 e. The van der Waals surface area contributed by atoms with E-state index < -0.39 is 6.10 Å². The van der Waals surface area contributed by atoms with E-state index in [1.165, 1.54) is 6.20 Å². The lowest BCUT2D eigenvalue weighted by Gasteiger charge is -2.32. The Bertz CT molecular complexity index is 1290. The summed E-state index contributed by atoms with van der Waals surface area (Å²) >= 11 is 0. The number of hydrogen-bond donors (Lipinski definition) is 3. The number of aromatic nitrogens is 5. The van der Waals surface area contributed by atoms with Gasteiger partial charge in [0.1, 0.15) is 17.0 Å². The van der Waals surface area contributed by atoms with E-state index in [-0.39, 0.29) is 18.0 Å². The monoisotopic (exact) mass is 419 g/mol. The number of fused-ring (bicyclic) bond motifs is 2. The van der Waals surface area contributed by atoms with Crippen molar-refractivity contribution in [3.8, 4) is 11.3 Å². The third-order valence-electron chi connectivity index (χ3n) is 5.95. The Hall–Kier alpha value is -3.46. The highest BCUT2D eigenvalue weighted by Crippen LogP contribution is 2.32. The van der Waals surface area contributed by atoms with Crippen LogP contribution in [-0.4, -0.2) is 54.4 Å². The van der Waals surface area contributed by atoms with Gasteiger partial charge in [-0.05, 0) is 38.8 Å². The van der Waals surface area contributed by atoms with E-state index in [1.54, 1.807) is 10.7 Å². The SMILES string of the molecule is CNc1cc(-c2cn(C(C)C)c3ncccc23)nc2c(C(=O)NC3CC[C@H]3O)cnn12. The molecule has 160 valence electrons. The number of hydrogen-bond acceptors (Lipinski definition) is 6. The van der Waals surface area contributed by atoms with Crippen molar-refractivity contribution in [2.24, 2.45) is 0 Å². The van der Waals surface area contributed by atoms with Crippen molar-refractivity contribution in [2.75, 3.05) is 12.4 Å². The van der Waals surface area contributed by atoms with Crippen molar-refractivity contribution in [1.29, 1.82) is 0 Å². The van der Waals surface area contributed by atoms with Gasteiger partial charge in [0.2, 0.25) is 0 Å². The van der Waals surface area contributed by atoms with E-state index >= 15 is 0 Å². The second kappa shape index (κ2) is 7.35. The van der Waals surface area contributed by atoms with Crippen LogP contribution in [-0.2, 0) is 0 Å². The molecule has 31 heavy (non-hydrogen) atoms. The molecule has 9 heteroatoms. The quantitative estimate of drug-likeness (QED) is 0.459. The number of carbonyl (C=O) groups excluding carboxylic acids is 1. The minimum Gasteiger partial charge on any atom is -0.391 e. The van der Waals surface area contributed by atoms with Gasteiger partial charge < -0.3 is 20.3 Å². The third kappa shape index (κ3) is 3.12. The van der Waals surface area contributed by atoms with Gasteiger partial charge in [0.15, 0.2) is 5.65 Å². The van der Waals surface area contributed by atoms with Gasteiger partial charge in [0, 0.05) is 42.5 Å². The highest BCUT2D eigenvalue weighted by Gasteiger charge is 2.31. The van der Waals surface area contributed by atoms with Gasteiger partial charge in [-0.2, -0.15) is 9.61 Å². The van der Waals surface area contributed by atoms with Crippen LogP contribution in [0.5, 0.6) is 0 Å². The van der Waals surface area contributed by atoms with Crippen molar-refractivity contribution in [1.82, 2.24) is 29.5 Å². The largest absolute Gasteiger partial charge is 0.391 e. The number of anilines is 1. The van der Waals surface area contributed by atoms with Crippen LogP contribution in [0.4, 0.5) is 5.82 Å². The van der Waals surface area contributed by atoms with Crippen LogP contribution < -0.4 is 10.6 Å². The summed E-state index contributed by atoms with van der Waals surface area (Å²) in [6.07, 6.45) is 6.36. The molecule has 4 aromatic rings. The minimum atomic E-state index is -0.489. The zero-order valence-corrected chi connectivity index (χ0v) is 17.7. The number of pyridine rings is 1. The molecule has 3 N–H and O–H groups in total. The Balaban J connectivity index is 1.65. The first-order valence-corrected chi connectivity index (χ1v) is 10.5. The topological polar surface area (TPSA) is 109 Å². The first-order chi connectivity index (χ1) is 15.0. The highest BCUT2D eigenvalue weighted by molar-refractivity contribution is 6.01. The van der Waals surface area contributed by atoms with Crippen molar-refractivity contribution in [3.63, 3.8) is 0 Å². The Labute approximate surface area is 179 Å². The number of rotatable bonds is 5. The second-order valence-electron chi connectivity index (χ2n) is 8.21. The Morgan fingerprint density at radius 3 is 2.81 bits per heavy atom. The predicted octanol–water partition coefficient (Wildman–Crippen LogP) is 2.62. The van der Waals surface area contributed by atoms with Gasteiger partial charge in [-0.15, -0.1) is 0 Å². The fourth-order valence-corrected chi connectivity index (χ4v) is 4.02. The Morgan fingerprint density at radius 2 is 2.13 bits per heavy atom. The number of nitrogens with one attached hydrogen (secondary N) is 2. The lowest BCUT2D eigenvalue weighted by molar-refractivity contribution is 0.0448. The number of aliphatic hydroxyl groups excluding tert-OH is 1. The molecule has 0 bridgehead atoms. The zero-order chi connectivity index (χ0) is 21.7. The summed E-state index contributed by atoms with van der Waals surface area (Å²) in [6.45, 7) is 4.23. The molecule has 4 heterocycles. The first-order valence-electron chi connectivity index (χ1n) is 10.5. The molecule has 1 unspecified atom stereocenters. The Kier molecular flexibility index (Phi) is 4.62. The van der Waals surface area contributed by atoms with E-state index in [0.29, 0.717) is 17.6 Å². The van der Waals surface area contributed by atoms with Gasteiger partial charge in [0.05, 0.1) is 24.0 Å². The highest BCUT2D eigenvalue weighted by atomic mass is 16.3. The van der Waals surface area contributed by atoms with Crippen LogP contribution >= 0.6 is 0 Å². The lowest BCUT2D eigenvalue weighted by Crippen LogP contribution is -2.50. The second-order valence-corrected chi connectivity index (χ2v) is 8.21. The molecule has 0 saturated heterocycles. The van der Waals surface area contributed by atoms with Gasteiger partial charge in [-0.1, -0.05) is 0 Å². The fraction of sp³-hybridized carbons (Fsp3) is 0.364. The summed E-state index contributed by atoms with van der Waals surface area (Å²) in [6, 6.07) is 5.89. The van der Waals surface area contributed by atoms with Gasteiger partial charge in [-0.3, -0.25) is 4.79 Å². The van der Waals surface area contributed by atoms with E-state index in [1.807, 2.05) is 25.2 Å². The molecule has 0 spiro atoms. The van der Waals surface area contributed by atoms with Crippen molar-refractivity contribution >= 4 is 28.4 Å². The van der Waals surface area contributed by atoms with Gasteiger partial charge >= 0.3 is 0 Å². The lowest BCUT2D eigenvalue weighted by atomic mass is 9.89. The summed E-state index contributed by atoms with van der Waals surface area (Å²) in [5, 5.41) is 21.2. The molecule has 2 atom stereocenters. The molecule has 1 fully saturated rings. The molecule has 0 aromatic carbocycles. The van der Waals surface area contributed by atoms with Crippen LogP contribution in [0.15, 0.2) is 36.8 Å². The average molecular weight is 419 g/mol. The van der Waals surface area contributed by atoms with Crippen LogP contribution in [0.2, 0.25) is 0 Å². The normalized spacial score (nSPS) is 18.5. The molecular formula is C22H25N7O2. The molecule has 9 nitrogen and oxygen atoms in total. The van der Waals surface area contributed by atoms with E-state index in [9.17, 15) is 9.90 Å². The maximum absolute atomic E-state index is 12.9. The number of carbonyl (C=O) groups is 1. The summed E-state index contributed by atoms with van der Waals surface area (Å²) in [7, 11) is 1.81. The number of nitrogens with zero attached hydrogens (tertiary/aromatic N) is 5. The van der Waals surface area contributed by atoms with E-state index in [4.69, 9.17) is 4.98 Å². The summed E-state index contributed by atoms with van der Waals surface area (Å²) in [5.41, 5.74) is 3.40. The third-order valence-corrected chi connectivity index (χ3v) is 5.95. The predicted molar refractivity (Wildman–Crippen MR) is 118 cm³/mol. The molecular weight excluding hydrogens is 394 g/mol. The average Bonchev–Trinajstić information content (AvgIpc) is 3.37. The van der Waals surface area contributed by atoms with Crippen molar-refractivity contribution in [2.45, 2.75) is 44.9 Å². The minimum absolute atomic E-state index is 0.218. The van der Waals surface area contributed by atoms with Crippen LogP contribution in [0.3, 0.4) is 0 Å². The molecule has 0 radical (unpaired) electrons. The first kappa shape index (κ1) is 19.5. The van der Waals surface area contributed by atoms with Crippen molar-refractivity contribution in [3.05, 3.63) is 42.4 Å². The van der Waals surface area contributed by atoms with Crippen molar-refractivity contribution < 1.29 is 9.90 Å². The molecule has 1 aliphatic carbocycles. The standard InChI is InChI=1S/C22H25N7O2/c1-12(2)28-11-15(13-5-4-8-24-20(13)28)17-9-19(23-3)29-21(26-17)14(10-25-29)22(31)27-16-6-7-18(16)30/h4-5,8-12,16,18,23,30H,6-7H2,1-3H3,(H,27,31)/t16?,18-/m1/s1. The fourth-order valence-electron chi connectivity index (χ4n) is 4.02. The van der Waals surface area contributed by atoms with Crippen LogP contribution in [0.25, 0.3) is 27.9 Å². The summed E-state index contributed by atoms with van der Waals surface area (Å²) < 4.78 is 3.74. The zero-order valence-electron chi connectivity index (χ0n) is 17.7. The molecule has 1 amide bonds. The molecule has 4 aromatic heterocycles. The molecule has 1 saturated carbocycles. The molecule has 1 aliphatic rings. The van der Waals surface area contributed by atoms with E-state index in [0.717, 1.165) is 34.5 Å². The molecule has 5 rings (SSSR count). The number of amides is 1. The number of aliphatic hydroxyl groups is 1. The Morgan fingerprint density at radius 1 is 1.29 bits per heavy atom.